The number of aromatic nitrogens is 1. The number of hydrogen-bond donors (Lipinski definition) is 0. The molecular weight excluding hydrogens is 272 g/mol. The van der Waals surface area contributed by atoms with Gasteiger partial charge in [0.15, 0.2) is 0 Å². The molecule has 1 aromatic carbocycles. The summed E-state index contributed by atoms with van der Waals surface area (Å²) in [6.07, 6.45) is 3.05. The topological polar surface area (TPSA) is 76.6 Å². The molecule has 0 radical (unpaired) electrons. The highest BCUT2D eigenvalue weighted by Crippen LogP contribution is 2.22. The summed E-state index contributed by atoms with van der Waals surface area (Å²) in [5.41, 5.74) is 1.16. The van der Waals surface area contributed by atoms with Crippen LogP contribution in [0, 0.1) is 0 Å². The number of fused-ring (bicyclic) bond motifs is 1. The number of benzene rings is 1. The third kappa shape index (κ3) is 2.38. The summed E-state index contributed by atoms with van der Waals surface area (Å²) in [5.74, 6) is -1.94. The van der Waals surface area contributed by atoms with Gasteiger partial charge in [-0.05, 0) is 29.8 Å². The first-order valence-corrected chi connectivity index (χ1v) is 6.24. The lowest BCUT2D eigenvalue weighted by Crippen LogP contribution is -2.33. The molecule has 0 atom stereocenters. The summed E-state index contributed by atoms with van der Waals surface area (Å²) >= 11 is 0. The first-order valence-electron chi connectivity index (χ1n) is 6.24. The SMILES string of the molecule is O=C(Cc1ccncc1)ON1C(=O)c2ccccc2C1=O. The predicted octanol–water partition coefficient (Wildman–Crippen LogP) is 1.38. The number of carbonyl (C=O) groups is 3. The Kier molecular flexibility index (Phi) is 3.19. The maximum atomic E-state index is 12.0. The maximum absolute atomic E-state index is 12.0. The smallest absolute Gasteiger partial charge is 0.329 e. The third-order valence-corrected chi connectivity index (χ3v) is 3.05. The van der Waals surface area contributed by atoms with Gasteiger partial charge in [-0.25, -0.2) is 4.79 Å². The van der Waals surface area contributed by atoms with Crippen LogP contribution in [0.25, 0.3) is 0 Å². The minimum absolute atomic E-state index is 0.0457. The molecule has 21 heavy (non-hydrogen) atoms. The Morgan fingerprint density at radius 1 is 1.00 bits per heavy atom. The van der Waals surface area contributed by atoms with Crippen LogP contribution in [0.1, 0.15) is 26.3 Å². The van der Waals surface area contributed by atoms with Gasteiger partial charge in [-0.15, -0.1) is 0 Å². The fourth-order valence-corrected chi connectivity index (χ4v) is 2.05. The zero-order chi connectivity index (χ0) is 14.8. The van der Waals surface area contributed by atoms with Gasteiger partial charge in [-0.3, -0.25) is 14.6 Å². The summed E-state index contributed by atoms with van der Waals surface area (Å²) in [4.78, 5) is 44.6. The van der Waals surface area contributed by atoms with E-state index in [4.69, 9.17) is 4.84 Å². The highest BCUT2D eigenvalue weighted by molar-refractivity contribution is 6.20. The molecule has 0 saturated carbocycles. The summed E-state index contributed by atoms with van der Waals surface area (Å²) in [5, 5.41) is 0.508. The van der Waals surface area contributed by atoms with E-state index in [2.05, 4.69) is 4.98 Å². The van der Waals surface area contributed by atoms with Crippen LogP contribution >= 0.6 is 0 Å². The largest absolute Gasteiger partial charge is 0.337 e. The summed E-state index contributed by atoms with van der Waals surface area (Å²) in [7, 11) is 0. The van der Waals surface area contributed by atoms with Crippen LogP contribution in [0.2, 0.25) is 0 Å². The van der Waals surface area contributed by atoms with Gasteiger partial charge in [0, 0.05) is 12.4 Å². The summed E-state index contributed by atoms with van der Waals surface area (Å²) in [6, 6.07) is 9.64. The van der Waals surface area contributed by atoms with Gasteiger partial charge in [0.1, 0.15) is 0 Å². The van der Waals surface area contributed by atoms with Crippen LogP contribution in [0.5, 0.6) is 0 Å². The van der Waals surface area contributed by atoms with E-state index in [1.807, 2.05) is 0 Å². The highest BCUT2D eigenvalue weighted by atomic mass is 16.7. The molecule has 0 saturated heterocycles. The Balaban J connectivity index is 1.73. The van der Waals surface area contributed by atoms with E-state index in [1.54, 1.807) is 36.7 Å². The zero-order valence-electron chi connectivity index (χ0n) is 10.9. The van der Waals surface area contributed by atoms with Crippen LogP contribution < -0.4 is 0 Å². The Morgan fingerprint density at radius 2 is 1.57 bits per heavy atom. The van der Waals surface area contributed by atoms with Crippen molar-refractivity contribution in [2.75, 3.05) is 0 Å². The van der Waals surface area contributed by atoms with Gasteiger partial charge in [0.25, 0.3) is 11.8 Å². The standard InChI is InChI=1S/C15H10N2O4/c18-13(9-10-5-7-16-8-6-10)21-17-14(19)11-3-1-2-4-12(11)15(17)20/h1-8H,9H2. The second kappa shape index (κ2) is 5.16. The van der Waals surface area contributed by atoms with E-state index in [1.165, 1.54) is 12.1 Å². The molecule has 0 fully saturated rings. The molecule has 1 aliphatic rings. The van der Waals surface area contributed by atoms with E-state index in [0.29, 0.717) is 10.6 Å². The van der Waals surface area contributed by atoms with E-state index in [0.717, 1.165) is 0 Å². The van der Waals surface area contributed by atoms with Crippen molar-refractivity contribution >= 4 is 17.8 Å². The monoisotopic (exact) mass is 282 g/mol. The van der Waals surface area contributed by atoms with Crippen LogP contribution in [0.4, 0.5) is 0 Å². The lowest BCUT2D eigenvalue weighted by molar-refractivity contribution is -0.167. The van der Waals surface area contributed by atoms with Crippen molar-refractivity contribution in [1.29, 1.82) is 0 Å². The lowest BCUT2D eigenvalue weighted by atomic mass is 10.1. The normalized spacial score (nSPS) is 13.2. The molecule has 2 heterocycles. The number of carbonyl (C=O) groups excluding carboxylic acids is 3. The van der Waals surface area contributed by atoms with Crippen LogP contribution in [0.15, 0.2) is 48.8 Å². The van der Waals surface area contributed by atoms with Crippen molar-refractivity contribution in [3.63, 3.8) is 0 Å². The predicted molar refractivity (Wildman–Crippen MR) is 71.0 cm³/mol. The van der Waals surface area contributed by atoms with Crippen molar-refractivity contribution < 1.29 is 19.2 Å². The molecule has 2 amide bonds. The van der Waals surface area contributed by atoms with Gasteiger partial charge in [-0.2, -0.15) is 0 Å². The number of rotatable bonds is 3. The summed E-state index contributed by atoms with van der Waals surface area (Å²) < 4.78 is 0. The zero-order valence-corrected chi connectivity index (χ0v) is 10.9. The molecule has 6 nitrogen and oxygen atoms in total. The van der Waals surface area contributed by atoms with Gasteiger partial charge in [0.05, 0.1) is 17.5 Å². The maximum Gasteiger partial charge on any atom is 0.337 e. The minimum Gasteiger partial charge on any atom is -0.329 e. The molecule has 104 valence electrons. The van der Waals surface area contributed by atoms with Crippen LogP contribution in [-0.2, 0) is 16.1 Å². The van der Waals surface area contributed by atoms with Gasteiger partial charge in [0.2, 0.25) is 0 Å². The quantitative estimate of drug-likeness (QED) is 0.795. The Morgan fingerprint density at radius 3 is 2.14 bits per heavy atom. The average molecular weight is 282 g/mol. The fraction of sp³-hybridized carbons (Fsp3) is 0.0667. The third-order valence-electron chi connectivity index (χ3n) is 3.05. The van der Waals surface area contributed by atoms with Crippen molar-refractivity contribution in [3.8, 4) is 0 Å². The Labute approximate surface area is 119 Å². The Hall–Kier alpha value is -3.02. The first kappa shape index (κ1) is 13.0. The van der Waals surface area contributed by atoms with E-state index >= 15 is 0 Å². The van der Waals surface area contributed by atoms with Crippen molar-refractivity contribution in [2.24, 2.45) is 0 Å². The molecule has 0 aliphatic carbocycles. The molecule has 2 aromatic rings. The van der Waals surface area contributed by atoms with Crippen LogP contribution in [0.3, 0.4) is 0 Å². The molecule has 0 spiro atoms. The fourth-order valence-electron chi connectivity index (χ4n) is 2.05. The number of hydrogen-bond acceptors (Lipinski definition) is 5. The van der Waals surface area contributed by atoms with Gasteiger partial charge in [-0.1, -0.05) is 17.2 Å². The average Bonchev–Trinajstić information content (AvgIpc) is 2.74. The van der Waals surface area contributed by atoms with Crippen molar-refractivity contribution in [1.82, 2.24) is 10.0 Å². The molecule has 1 aliphatic heterocycles. The van der Waals surface area contributed by atoms with Crippen LogP contribution in [-0.4, -0.2) is 27.8 Å². The number of amides is 2. The highest BCUT2D eigenvalue weighted by Gasteiger charge is 2.38. The number of nitrogens with zero attached hydrogens (tertiary/aromatic N) is 2. The lowest BCUT2D eigenvalue weighted by Gasteiger charge is -2.12. The van der Waals surface area contributed by atoms with Gasteiger partial charge >= 0.3 is 5.97 Å². The molecule has 6 heteroatoms. The molecule has 3 rings (SSSR count). The molecular formula is C15H10N2O4. The molecule has 0 bridgehead atoms. The molecule has 1 aromatic heterocycles. The van der Waals surface area contributed by atoms with Gasteiger partial charge < -0.3 is 4.84 Å². The molecule has 0 unspecified atom stereocenters. The number of pyridine rings is 1. The number of imide groups is 1. The second-order valence-corrected chi connectivity index (χ2v) is 4.45. The Bertz CT molecular complexity index is 692. The van der Waals surface area contributed by atoms with Crippen molar-refractivity contribution in [3.05, 3.63) is 65.5 Å². The molecule has 0 N–H and O–H groups in total. The van der Waals surface area contributed by atoms with E-state index in [-0.39, 0.29) is 17.5 Å². The number of hydroxylamine groups is 2. The van der Waals surface area contributed by atoms with E-state index in [9.17, 15) is 14.4 Å². The van der Waals surface area contributed by atoms with Crippen molar-refractivity contribution in [2.45, 2.75) is 6.42 Å². The minimum atomic E-state index is -0.685. The van der Waals surface area contributed by atoms with E-state index < -0.39 is 17.8 Å². The second-order valence-electron chi connectivity index (χ2n) is 4.45. The first-order chi connectivity index (χ1) is 10.2. The summed E-state index contributed by atoms with van der Waals surface area (Å²) in [6.45, 7) is 0.